The number of phenolic OH excluding ortho intramolecular Hbond substituents is 1. The van der Waals surface area contributed by atoms with Gasteiger partial charge in [0.2, 0.25) is 0 Å². The van der Waals surface area contributed by atoms with Crippen molar-refractivity contribution in [2.24, 2.45) is 0 Å². The highest BCUT2D eigenvalue weighted by Gasteiger charge is 2.42. The van der Waals surface area contributed by atoms with Crippen molar-refractivity contribution in [2.45, 2.75) is 18.4 Å². The van der Waals surface area contributed by atoms with Gasteiger partial charge in [-0.1, -0.05) is 17.7 Å². The van der Waals surface area contributed by atoms with Crippen LogP contribution in [0.4, 0.5) is 0 Å². The molecular formula is C9H9ClO2. The van der Waals surface area contributed by atoms with Crippen LogP contribution in [0.3, 0.4) is 0 Å². The number of halogens is 1. The zero-order valence-corrected chi connectivity index (χ0v) is 7.17. The van der Waals surface area contributed by atoms with Gasteiger partial charge in [0.25, 0.3) is 0 Å². The van der Waals surface area contributed by atoms with Gasteiger partial charge >= 0.3 is 0 Å². The van der Waals surface area contributed by atoms with Crippen LogP contribution in [-0.4, -0.2) is 10.2 Å². The quantitative estimate of drug-likeness (QED) is 0.701. The summed E-state index contributed by atoms with van der Waals surface area (Å²) in [6, 6.07) is 4.83. The first-order valence-corrected chi connectivity index (χ1v) is 4.21. The highest BCUT2D eigenvalue weighted by atomic mass is 35.5. The lowest BCUT2D eigenvalue weighted by Gasteiger charge is -2.08. The maximum absolute atomic E-state index is 9.68. The predicted octanol–water partition coefficient (Wildman–Crippen LogP) is 2.03. The summed E-state index contributed by atoms with van der Waals surface area (Å²) in [5.41, 5.74) is 0.127. The fourth-order valence-electron chi connectivity index (χ4n) is 1.20. The van der Waals surface area contributed by atoms with E-state index >= 15 is 0 Å². The third kappa shape index (κ3) is 1.17. The van der Waals surface area contributed by atoms with E-state index in [4.69, 9.17) is 16.7 Å². The smallest absolute Gasteiger partial charge is 0.134 e. The van der Waals surface area contributed by atoms with Gasteiger partial charge in [0.05, 0.1) is 10.6 Å². The number of hydrogen-bond donors (Lipinski definition) is 2. The average Bonchev–Trinajstić information content (AvgIpc) is 2.75. The maximum atomic E-state index is 9.68. The van der Waals surface area contributed by atoms with Crippen LogP contribution in [0.5, 0.6) is 5.75 Å². The predicted molar refractivity (Wildman–Crippen MR) is 46.2 cm³/mol. The first-order chi connectivity index (χ1) is 5.62. The Kier molecular flexibility index (Phi) is 1.56. The standard InChI is InChI=1S/C9H9ClO2/c10-7-5-6(1-2-8(7)11)9(12)3-4-9/h1-2,5,11-12H,3-4H2. The van der Waals surface area contributed by atoms with Crippen LogP contribution in [0.15, 0.2) is 18.2 Å². The molecule has 0 heterocycles. The Hall–Kier alpha value is -0.730. The Morgan fingerprint density at radius 2 is 2.00 bits per heavy atom. The number of hydrogen-bond acceptors (Lipinski definition) is 2. The molecule has 2 nitrogen and oxygen atoms in total. The fraction of sp³-hybridized carbons (Fsp3) is 0.333. The Balaban J connectivity index is 2.41. The first kappa shape index (κ1) is 7.90. The van der Waals surface area contributed by atoms with Gasteiger partial charge in [0.15, 0.2) is 0 Å². The monoisotopic (exact) mass is 184 g/mol. The van der Waals surface area contributed by atoms with Gasteiger partial charge in [-0.05, 0) is 30.5 Å². The normalized spacial score (nSPS) is 19.2. The minimum absolute atomic E-state index is 0.0599. The molecule has 1 aromatic carbocycles. The second kappa shape index (κ2) is 2.38. The molecular weight excluding hydrogens is 176 g/mol. The Labute approximate surface area is 75.4 Å². The summed E-state index contributed by atoms with van der Waals surface area (Å²) in [5, 5.41) is 19.1. The molecule has 1 aliphatic rings. The summed E-state index contributed by atoms with van der Waals surface area (Å²) in [6.07, 6.45) is 1.57. The van der Waals surface area contributed by atoms with Crippen molar-refractivity contribution in [3.63, 3.8) is 0 Å². The van der Waals surface area contributed by atoms with E-state index < -0.39 is 5.60 Å². The molecule has 0 radical (unpaired) electrons. The van der Waals surface area contributed by atoms with Crippen molar-refractivity contribution in [3.05, 3.63) is 28.8 Å². The van der Waals surface area contributed by atoms with Crippen LogP contribution in [0, 0.1) is 0 Å². The second-order valence-corrected chi connectivity index (χ2v) is 3.60. The Bertz CT molecular complexity index is 318. The van der Waals surface area contributed by atoms with Crippen molar-refractivity contribution >= 4 is 11.6 Å². The van der Waals surface area contributed by atoms with Crippen LogP contribution in [-0.2, 0) is 5.60 Å². The molecule has 3 heteroatoms. The van der Waals surface area contributed by atoms with Crippen LogP contribution < -0.4 is 0 Å². The summed E-state index contributed by atoms with van der Waals surface area (Å²) in [4.78, 5) is 0. The van der Waals surface area contributed by atoms with Crippen molar-refractivity contribution in [3.8, 4) is 5.75 Å². The molecule has 2 rings (SSSR count). The SMILES string of the molecule is Oc1ccc(C2(O)CC2)cc1Cl. The summed E-state index contributed by atoms with van der Waals surface area (Å²) in [6.45, 7) is 0. The number of aliphatic hydroxyl groups is 1. The topological polar surface area (TPSA) is 40.5 Å². The van der Waals surface area contributed by atoms with Crippen molar-refractivity contribution < 1.29 is 10.2 Å². The minimum Gasteiger partial charge on any atom is -0.506 e. The Morgan fingerprint density at radius 1 is 1.33 bits per heavy atom. The molecule has 0 atom stereocenters. The van der Waals surface area contributed by atoms with Crippen molar-refractivity contribution in [1.82, 2.24) is 0 Å². The number of aromatic hydroxyl groups is 1. The fourth-order valence-corrected chi connectivity index (χ4v) is 1.38. The molecule has 1 saturated carbocycles. The molecule has 1 fully saturated rings. The van der Waals surface area contributed by atoms with Gasteiger partial charge in [-0.25, -0.2) is 0 Å². The van der Waals surface area contributed by atoms with Crippen LogP contribution in [0.2, 0.25) is 5.02 Å². The van der Waals surface area contributed by atoms with E-state index in [1.165, 1.54) is 6.07 Å². The molecule has 0 aliphatic heterocycles. The summed E-state index contributed by atoms with van der Waals surface area (Å²) in [5.74, 6) is 0.0599. The highest BCUT2D eigenvalue weighted by Crippen LogP contribution is 2.46. The summed E-state index contributed by atoms with van der Waals surface area (Å²) < 4.78 is 0. The lowest BCUT2D eigenvalue weighted by atomic mass is 10.1. The molecule has 64 valence electrons. The van der Waals surface area contributed by atoms with Gasteiger partial charge in [0.1, 0.15) is 5.75 Å². The van der Waals surface area contributed by atoms with Gasteiger partial charge in [0, 0.05) is 0 Å². The van der Waals surface area contributed by atoms with Crippen molar-refractivity contribution in [1.29, 1.82) is 0 Å². The highest BCUT2D eigenvalue weighted by molar-refractivity contribution is 6.32. The third-order valence-electron chi connectivity index (χ3n) is 2.21. The maximum Gasteiger partial charge on any atom is 0.134 e. The van der Waals surface area contributed by atoms with Crippen LogP contribution in [0.25, 0.3) is 0 Å². The molecule has 0 unspecified atom stereocenters. The molecule has 1 aromatic rings. The molecule has 0 bridgehead atoms. The summed E-state index contributed by atoms with van der Waals surface area (Å²) >= 11 is 5.69. The molecule has 0 amide bonds. The van der Waals surface area contributed by atoms with E-state index in [1.807, 2.05) is 0 Å². The van der Waals surface area contributed by atoms with E-state index in [0.717, 1.165) is 18.4 Å². The average molecular weight is 185 g/mol. The molecule has 2 N–H and O–H groups in total. The first-order valence-electron chi connectivity index (χ1n) is 3.83. The van der Waals surface area contributed by atoms with Gasteiger partial charge in [-0.2, -0.15) is 0 Å². The van der Waals surface area contributed by atoms with Gasteiger partial charge in [-0.15, -0.1) is 0 Å². The van der Waals surface area contributed by atoms with E-state index in [1.54, 1.807) is 12.1 Å². The lowest BCUT2D eigenvalue weighted by Crippen LogP contribution is -2.03. The number of rotatable bonds is 1. The minimum atomic E-state index is -0.669. The molecule has 0 aromatic heterocycles. The van der Waals surface area contributed by atoms with Crippen LogP contribution >= 0.6 is 11.6 Å². The van der Waals surface area contributed by atoms with Crippen LogP contribution in [0.1, 0.15) is 18.4 Å². The molecule has 12 heavy (non-hydrogen) atoms. The van der Waals surface area contributed by atoms with Gasteiger partial charge in [-0.3, -0.25) is 0 Å². The second-order valence-electron chi connectivity index (χ2n) is 3.20. The van der Waals surface area contributed by atoms with E-state index in [2.05, 4.69) is 0 Å². The number of benzene rings is 1. The van der Waals surface area contributed by atoms with E-state index in [0.29, 0.717) is 5.02 Å². The van der Waals surface area contributed by atoms with Crippen molar-refractivity contribution in [2.75, 3.05) is 0 Å². The third-order valence-corrected chi connectivity index (χ3v) is 2.51. The number of phenols is 1. The largest absolute Gasteiger partial charge is 0.506 e. The lowest BCUT2D eigenvalue weighted by molar-refractivity contribution is 0.151. The van der Waals surface area contributed by atoms with Gasteiger partial charge < -0.3 is 10.2 Å². The molecule has 1 aliphatic carbocycles. The van der Waals surface area contributed by atoms with E-state index in [-0.39, 0.29) is 5.75 Å². The molecule has 0 spiro atoms. The Morgan fingerprint density at radius 3 is 2.50 bits per heavy atom. The van der Waals surface area contributed by atoms with E-state index in [9.17, 15) is 5.11 Å². The zero-order valence-electron chi connectivity index (χ0n) is 6.42. The summed E-state index contributed by atoms with van der Waals surface area (Å²) in [7, 11) is 0. The zero-order chi connectivity index (χ0) is 8.77. The molecule has 0 saturated heterocycles.